The molecule has 0 bridgehead atoms. The maximum atomic E-state index is 11.5. The highest BCUT2D eigenvalue weighted by molar-refractivity contribution is 7.92. The number of anilines is 1. The molecule has 0 saturated heterocycles. The number of rotatable bonds is 6. The first-order chi connectivity index (χ1) is 7.96. The first kappa shape index (κ1) is 13.7. The predicted octanol–water partition coefficient (Wildman–Crippen LogP) is 1.97. The molecule has 1 aromatic carbocycles. The largest absolute Gasteiger partial charge is 0.293 e. The van der Waals surface area contributed by atoms with Gasteiger partial charge in [0.05, 0.1) is 10.7 Å². The maximum absolute atomic E-state index is 11.5. The number of nitro groups is 1. The Labute approximate surface area is 104 Å². The van der Waals surface area contributed by atoms with E-state index in [-0.39, 0.29) is 29.4 Å². The Kier molecular flexibility index (Phi) is 4.71. The van der Waals surface area contributed by atoms with Crippen molar-refractivity contribution in [2.45, 2.75) is 6.42 Å². The second-order valence-corrected chi connectivity index (χ2v) is 5.46. The molecule has 0 radical (unpaired) electrons. The molecule has 94 valence electrons. The predicted molar refractivity (Wildman–Crippen MR) is 65.8 cm³/mol. The van der Waals surface area contributed by atoms with Gasteiger partial charge in [-0.25, -0.2) is 8.42 Å². The van der Waals surface area contributed by atoms with Crippen molar-refractivity contribution in [3.8, 4) is 0 Å². The molecule has 0 spiro atoms. The lowest BCUT2D eigenvalue weighted by Gasteiger charge is -2.07. The zero-order valence-corrected chi connectivity index (χ0v) is 10.4. The van der Waals surface area contributed by atoms with Crippen LogP contribution in [0, 0.1) is 10.1 Å². The van der Waals surface area contributed by atoms with Crippen molar-refractivity contribution in [1.29, 1.82) is 0 Å². The molecule has 0 amide bonds. The first-order valence-electron chi connectivity index (χ1n) is 4.76. The third-order valence-corrected chi connectivity index (χ3v) is 3.54. The highest BCUT2D eigenvalue weighted by Crippen LogP contribution is 2.24. The maximum Gasteiger partial charge on any atom is 0.293 e. The van der Waals surface area contributed by atoms with Gasteiger partial charge < -0.3 is 0 Å². The summed E-state index contributed by atoms with van der Waals surface area (Å²) in [5, 5.41) is 10.7. The van der Waals surface area contributed by atoms with Gasteiger partial charge in [0.1, 0.15) is 5.69 Å². The minimum Gasteiger partial charge on any atom is -0.277 e. The summed E-state index contributed by atoms with van der Waals surface area (Å²) in [5.41, 5.74) is -0.311. The summed E-state index contributed by atoms with van der Waals surface area (Å²) in [7, 11) is -3.59. The molecule has 0 fully saturated rings. The van der Waals surface area contributed by atoms with Crippen molar-refractivity contribution in [3.05, 3.63) is 34.4 Å². The number of nitrogens with one attached hydrogen (secondary N) is 1. The van der Waals surface area contributed by atoms with Gasteiger partial charge in [0.2, 0.25) is 10.0 Å². The van der Waals surface area contributed by atoms with Gasteiger partial charge in [-0.1, -0.05) is 12.1 Å². The summed E-state index contributed by atoms with van der Waals surface area (Å²) in [6, 6.07) is 5.57. The number of nitrogens with zero attached hydrogens (tertiary/aromatic N) is 1. The van der Waals surface area contributed by atoms with Gasteiger partial charge in [-0.05, 0) is 12.5 Å². The van der Waals surface area contributed by atoms with Crippen molar-refractivity contribution in [1.82, 2.24) is 0 Å². The van der Waals surface area contributed by atoms with Gasteiger partial charge in [0.15, 0.2) is 0 Å². The zero-order valence-electron chi connectivity index (χ0n) is 8.80. The fourth-order valence-corrected chi connectivity index (χ4v) is 2.61. The van der Waals surface area contributed by atoms with Crippen LogP contribution in [0.5, 0.6) is 0 Å². The summed E-state index contributed by atoms with van der Waals surface area (Å²) in [6.07, 6.45) is 0.289. The normalized spacial score (nSPS) is 11.1. The van der Waals surface area contributed by atoms with Crippen LogP contribution < -0.4 is 4.72 Å². The number of alkyl halides is 1. The van der Waals surface area contributed by atoms with E-state index in [1.165, 1.54) is 24.3 Å². The van der Waals surface area contributed by atoms with Crippen molar-refractivity contribution in [2.24, 2.45) is 0 Å². The van der Waals surface area contributed by atoms with Gasteiger partial charge in [0, 0.05) is 11.9 Å². The number of hydrogen-bond donors (Lipinski definition) is 1. The van der Waals surface area contributed by atoms with Gasteiger partial charge >= 0.3 is 0 Å². The monoisotopic (exact) mass is 278 g/mol. The van der Waals surface area contributed by atoms with Crippen LogP contribution in [0.15, 0.2) is 24.3 Å². The molecule has 0 atom stereocenters. The second kappa shape index (κ2) is 5.83. The average molecular weight is 279 g/mol. The topological polar surface area (TPSA) is 89.3 Å². The van der Waals surface area contributed by atoms with E-state index in [0.717, 1.165) is 0 Å². The van der Waals surface area contributed by atoms with Crippen LogP contribution in [0.3, 0.4) is 0 Å². The molecule has 0 saturated carbocycles. The fraction of sp³-hybridized carbons (Fsp3) is 0.333. The van der Waals surface area contributed by atoms with E-state index in [1.807, 2.05) is 0 Å². The van der Waals surface area contributed by atoms with E-state index in [0.29, 0.717) is 0 Å². The Morgan fingerprint density at radius 3 is 2.59 bits per heavy atom. The number of benzene rings is 1. The Bertz CT molecular complexity index is 503. The molecule has 6 nitrogen and oxygen atoms in total. The first-order valence-corrected chi connectivity index (χ1v) is 6.95. The lowest BCUT2D eigenvalue weighted by molar-refractivity contribution is -0.383. The summed E-state index contributed by atoms with van der Waals surface area (Å²) < 4.78 is 25.3. The number of nitro benzene ring substituents is 1. The smallest absolute Gasteiger partial charge is 0.277 e. The molecule has 0 unspecified atom stereocenters. The highest BCUT2D eigenvalue weighted by Gasteiger charge is 2.17. The van der Waals surface area contributed by atoms with E-state index in [1.54, 1.807) is 0 Å². The van der Waals surface area contributed by atoms with Gasteiger partial charge in [-0.15, -0.1) is 11.6 Å². The van der Waals surface area contributed by atoms with Crippen LogP contribution in [0.1, 0.15) is 6.42 Å². The fourth-order valence-electron chi connectivity index (χ4n) is 1.18. The van der Waals surface area contributed by atoms with Crippen LogP contribution in [0.2, 0.25) is 0 Å². The molecule has 1 rings (SSSR count). The Morgan fingerprint density at radius 1 is 1.35 bits per heavy atom. The van der Waals surface area contributed by atoms with Crippen molar-refractivity contribution < 1.29 is 13.3 Å². The molecule has 0 aliphatic heterocycles. The summed E-state index contributed by atoms with van der Waals surface area (Å²) in [6.45, 7) is 0. The SMILES string of the molecule is O=[N+]([O-])c1ccccc1NS(=O)(=O)CCCCl. The quantitative estimate of drug-likeness (QED) is 0.489. The van der Waals surface area contributed by atoms with E-state index in [2.05, 4.69) is 4.72 Å². The van der Waals surface area contributed by atoms with Crippen LogP contribution >= 0.6 is 11.6 Å². The van der Waals surface area contributed by atoms with E-state index < -0.39 is 14.9 Å². The van der Waals surface area contributed by atoms with Gasteiger partial charge in [0.25, 0.3) is 5.69 Å². The molecule has 0 aliphatic rings. The lowest BCUT2D eigenvalue weighted by Crippen LogP contribution is -2.17. The molecule has 1 aromatic rings. The zero-order chi connectivity index (χ0) is 12.9. The second-order valence-electron chi connectivity index (χ2n) is 3.24. The van der Waals surface area contributed by atoms with Crippen molar-refractivity contribution in [2.75, 3.05) is 16.4 Å². The minimum absolute atomic E-state index is 0.0351. The van der Waals surface area contributed by atoms with Gasteiger partial charge in [-0.3, -0.25) is 14.8 Å². The van der Waals surface area contributed by atoms with E-state index in [4.69, 9.17) is 11.6 Å². The van der Waals surface area contributed by atoms with Gasteiger partial charge in [-0.2, -0.15) is 0 Å². The standard InChI is InChI=1S/C9H11ClN2O4S/c10-6-3-7-17(15,16)11-8-4-1-2-5-9(8)12(13)14/h1-2,4-5,11H,3,6-7H2. The Morgan fingerprint density at radius 2 is 2.00 bits per heavy atom. The molecule has 1 N–H and O–H groups in total. The molecule has 17 heavy (non-hydrogen) atoms. The highest BCUT2D eigenvalue weighted by atomic mass is 35.5. The molecule has 0 heterocycles. The Balaban J connectivity index is 2.92. The lowest BCUT2D eigenvalue weighted by atomic mass is 10.3. The summed E-state index contributed by atoms with van der Waals surface area (Å²) in [5.74, 6) is 0.0559. The van der Waals surface area contributed by atoms with Crippen molar-refractivity contribution >= 4 is 33.0 Å². The Hall–Kier alpha value is -1.34. The van der Waals surface area contributed by atoms with Crippen LogP contribution in [0.25, 0.3) is 0 Å². The number of hydrogen-bond acceptors (Lipinski definition) is 4. The molecular formula is C9H11ClN2O4S. The van der Waals surface area contributed by atoms with E-state index >= 15 is 0 Å². The van der Waals surface area contributed by atoms with Crippen molar-refractivity contribution in [3.63, 3.8) is 0 Å². The van der Waals surface area contributed by atoms with Crippen LogP contribution in [0.4, 0.5) is 11.4 Å². The molecule has 0 aliphatic carbocycles. The average Bonchev–Trinajstić information content (AvgIpc) is 2.26. The summed E-state index contributed by atoms with van der Waals surface area (Å²) in [4.78, 5) is 10.0. The number of para-hydroxylation sites is 2. The van der Waals surface area contributed by atoms with E-state index in [9.17, 15) is 18.5 Å². The van der Waals surface area contributed by atoms with Crippen LogP contribution in [-0.4, -0.2) is 25.0 Å². The minimum atomic E-state index is -3.59. The molecule has 8 heteroatoms. The summed E-state index contributed by atoms with van der Waals surface area (Å²) >= 11 is 5.39. The number of halogens is 1. The molecule has 0 aromatic heterocycles. The number of sulfonamides is 1. The van der Waals surface area contributed by atoms with Crippen LogP contribution in [-0.2, 0) is 10.0 Å². The molecular weight excluding hydrogens is 268 g/mol. The third-order valence-electron chi connectivity index (χ3n) is 1.91. The third kappa shape index (κ3) is 4.20.